The molecule has 0 heterocycles. The fourth-order valence-electron chi connectivity index (χ4n) is 2.13. The number of rotatable bonds is 6. The predicted molar refractivity (Wildman–Crippen MR) is 83.8 cm³/mol. The number of sulfonamides is 1. The zero-order valence-corrected chi connectivity index (χ0v) is 13.1. The first-order chi connectivity index (χ1) is 10.5. The molecule has 6 heteroatoms. The first-order valence-corrected chi connectivity index (χ1v) is 8.35. The van der Waals surface area contributed by atoms with E-state index in [2.05, 4.69) is 0 Å². The third-order valence-corrected chi connectivity index (χ3v) is 5.08. The molecule has 0 fully saturated rings. The molecule has 0 aliphatic heterocycles. The Morgan fingerprint density at radius 2 is 1.82 bits per heavy atom. The van der Waals surface area contributed by atoms with Crippen LogP contribution in [0.5, 0.6) is 0 Å². The summed E-state index contributed by atoms with van der Waals surface area (Å²) in [6.07, 6.45) is 0.265. The van der Waals surface area contributed by atoms with Crippen molar-refractivity contribution in [3.05, 3.63) is 59.9 Å². The Balaban J connectivity index is 2.49. The van der Waals surface area contributed by atoms with Crippen molar-refractivity contribution in [2.24, 2.45) is 0 Å². The monoisotopic (exact) mass is 323 g/mol. The molecule has 118 valence electrons. The number of aliphatic hydroxyl groups is 1. The van der Waals surface area contributed by atoms with Crippen LogP contribution >= 0.6 is 0 Å². The van der Waals surface area contributed by atoms with Gasteiger partial charge < -0.3 is 5.11 Å². The molecular weight excluding hydrogens is 305 g/mol. The molecule has 0 atom stereocenters. The molecule has 0 amide bonds. The number of nitrogens with zero attached hydrogens (tertiary/aromatic N) is 1. The Labute approximate surface area is 129 Å². The van der Waals surface area contributed by atoms with Gasteiger partial charge in [-0.1, -0.05) is 24.3 Å². The van der Waals surface area contributed by atoms with Gasteiger partial charge in [-0.2, -0.15) is 0 Å². The quantitative estimate of drug-likeness (QED) is 0.889. The molecule has 0 aromatic heterocycles. The summed E-state index contributed by atoms with van der Waals surface area (Å²) in [6, 6.07) is 12.5. The summed E-state index contributed by atoms with van der Waals surface area (Å²) >= 11 is 0. The lowest BCUT2D eigenvalue weighted by Crippen LogP contribution is -2.33. The second-order valence-corrected chi connectivity index (χ2v) is 6.75. The highest BCUT2D eigenvalue weighted by Gasteiger charge is 2.27. The van der Waals surface area contributed by atoms with Crippen molar-refractivity contribution in [1.82, 2.24) is 0 Å². The van der Waals surface area contributed by atoms with E-state index >= 15 is 0 Å². The number of anilines is 1. The van der Waals surface area contributed by atoms with Crippen LogP contribution in [0.15, 0.2) is 53.4 Å². The van der Waals surface area contributed by atoms with Gasteiger partial charge in [-0.25, -0.2) is 12.8 Å². The van der Waals surface area contributed by atoms with Crippen LogP contribution in [-0.4, -0.2) is 26.7 Å². The maximum absolute atomic E-state index is 14.1. The lowest BCUT2D eigenvalue weighted by atomic mass is 10.2. The van der Waals surface area contributed by atoms with Crippen LogP contribution in [0.3, 0.4) is 0 Å². The largest absolute Gasteiger partial charge is 0.396 e. The van der Waals surface area contributed by atoms with E-state index in [0.29, 0.717) is 11.3 Å². The van der Waals surface area contributed by atoms with E-state index in [4.69, 9.17) is 5.11 Å². The van der Waals surface area contributed by atoms with Crippen LogP contribution < -0.4 is 4.31 Å². The van der Waals surface area contributed by atoms with Crippen molar-refractivity contribution in [2.75, 3.05) is 17.5 Å². The van der Waals surface area contributed by atoms with Crippen molar-refractivity contribution in [2.45, 2.75) is 18.2 Å². The highest BCUT2D eigenvalue weighted by atomic mass is 32.2. The fraction of sp³-hybridized carbons (Fsp3) is 0.250. The molecule has 0 unspecified atom stereocenters. The van der Waals surface area contributed by atoms with Crippen LogP contribution in [0.1, 0.15) is 12.0 Å². The number of para-hydroxylation sites is 1. The van der Waals surface area contributed by atoms with Crippen molar-refractivity contribution in [3.8, 4) is 0 Å². The van der Waals surface area contributed by atoms with Gasteiger partial charge in [-0.3, -0.25) is 4.31 Å². The molecule has 2 aromatic carbocycles. The maximum atomic E-state index is 14.1. The van der Waals surface area contributed by atoms with Crippen molar-refractivity contribution in [3.63, 3.8) is 0 Å². The summed E-state index contributed by atoms with van der Waals surface area (Å²) < 4.78 is 40.8. The highest BCUT2D eigenvalue weighted by Crippen LogP contribution is 2.26. The Kier molecular flexibility index (Phi) is 5.15. The van der Waals surface area contributed by atoms with Gasteiger partial charge in [0.05, 0.1) is 5.69 Å². The molecule has 2 aromatic rings. The lowest BCUT2D eigenvalue weighted by Gasteiger charge is -2.24. The number of aliphatic hydroxyl groups excluding tert-OH is 1. The third kappa shape index (κ3) is 3.45. The van der Waals surface area contributed by atoms with Gasteiger partial charge in [0.15, 0.2) is 0 Å². The average molecular weight is 323 g/mol. The molecule has 1 N–H and O–H groups in total. The summed E-state index contributed by atoms with van der Waals surface area (Å²) in [4.78, 5) is -0.361. The van der Waals surface area contributed by atoms with Gasteiger partial charge in [0.2, 0.25) is 0 Å². The predicted octanol–water partition coefficient (Wildman–Crippen LogP) is 2.71. The highest BCUT2D eigenvalue weighted by molar-refractivity contribution is 7.92. The minimum Gasteiger partial charge on any atom is -0.396 e. The van der Waals surface area contributed by atoms with E-state index in [-0.39, 0.29) is 24.5 Å². The van der Waals surface area contributed by atoms with E-state index in [0.717, 1.165) is 4.31 Å². The molecule has 0 bridgehead atoms. The van der Waals surface area contributed by atoms with Gasteiger partial charge >= 0.3 is 0 Å². The zero-order valence-electron chi connectivity index (χ0n) is 12.2. The Morgan fingerprint density at radius 1 is 1.14 bits per heavy atom. The van der Waals surface area contributed by atoms with Gasteiger partial charge in [-0.15, -0.1) is 0 Å². The van der Waals surface area contributed by atoms with Gasteiger partial charge in [-0.05, 0) is 43.2 Å². The summed E-state index contributed by atoms with van der Waals surface area (Å²) in [7, 11) is -4.03. The van der Waals surface area contributed by atoms with E-state index in [1.807, 2.05) is 0 Å². The first kappa shape index (κ1) is 16.5. The van der Waals surface area contributed by atoms with Crippen LogP contribution in [0.25, 0.3) is 0 Å². The summed E-state index contributed by atoms with van der Waals surface area (Å²) in [5, 5.41) is 8.99. The molecule has 2 rings (SSSR count). The van der Waals surface area contributed by atoms with Gasteiger partial charge in [0.25, 0.3) is 10.0 Å². The van der Waals surface area contributed by atoms with Crippen LogP contribution in [0, 0.1) is 12.7 Å². The smallest absolute Gasteiger partial charge is 0.267 e. The number of aryl methyl sites for hydroxylation is 1. The van der Waals surface area contributed by atoms with Crippen LogP contribution in [0.2, 0.25) is 0 Å². The molecule has 0 spiro atoms. The fourth-order valence-corrected chi connectivity index (χ4v) is 3.68. The van der Waals surface area contributed by atoms with Gasteiger partial charge in [0, 0.05) is 13.2 Å². The van der Waals surface area contributed by atoms with Crippen molar-refractivity contribution < 1.29 is 17.9 Å². The van der Waals surface area contributed by atoms with E-state index < -0.39 is 15.8 Å². The molecule has 0 aliphatic carbocycles. The zero-order chi connectivity index (χ0) is 16.2. The molecule has 0 saturated carbocycles. The molecule has 0 radical (unpaired) electrons. The standard InChI is InChI=1S/C16H18FNO3S/c1-13-8-9-16(15(17)12-13)22(20,21)18(10-5-11-19)14-6-3-2-4-7-14/h2-4,6-9,12,19H,5,10-11H2,1H3. The van der Waals surface area contributed by atoms with E-state index in [1.165, 1.54) is 12.1 Å². The Bertz CT molecular complexity index is 732. The van der Waals surface area contributed by atoms with Crippen molar-refractivity contribution in [1.29, 1.82) is 0 Å². The minimum absolute atomic E-state index is 0.0795. The minimum atomic E-state index is -4.03. The van der Waals surface area contributed by atoms with Gasteiger partial charge in [0.1, 0.15) is 10.7 Å². The molecular formula is C16H18FNO3S. The maximum Gasteiger partial charge on any atom is 0.267 e. The SMILES string of the molecule is Cc1ccc(S(=O)(=O)N(CCCO)c2ccccc2)c(F)c1. The van der Waals surface area contributed by atoms with E-state index in [1.54, 1.807) is 43.3 Å². The molecule has 22 heavy (non-hydrogen) atoms. The number of benzene rings is 2. The number of halogens is 1. The summed E-state index contributed by atoms with van der Waals surface area (Å²) in [5.74, 6) is -0.773. The Morgan fingerprint density at radius 3 is 2.41 bits per heavy atom. The van der Waals surface area contributed by atoms with Crippen LogP contribution in [0.4, 0.5) is 10.1 Å². The first-order valence-electron chi connectivity index (χ1n) is 6.91. The van der Waals surface area contributed by atoms with Crippen LogP contribution in [-0.2, 0) is 10.0 Å². The molecule has 0 saturated heterocycles. The number of hydrogen-bond acceptors (Lipinski definition) is 3. The summed E-state index contributed by atoms with van der Waals surface area (Å²) in [6.45, 7) is 1.63. The molecule has 4 nitrogen and oxygen atoms in total. The molecule has 0 aliphatic rings. The van der Waals surface area contributed by atoms with Crippen molar-refractivity contribution >= 4 is 15.7 Å². The Hall–Kier alpha value is -1.92. The topological polar surface area (TPSA) is 57.6 Å². The second kappa shape index (κ2) is 6.89. The lowest BCUT2D eigenvalue weighted by molar-refractivity contribution is 0.291. The normalized spacial score (nSPS) is 11.4. The average Bonchev–Trinajstić information content (AvgIpc) is 2.48. The third-order valence-electron chi connectivity index (χ3n) is 3.22. The second-order valence-electron chi connectivity index (χ2n) is 4.92. The summed E-state index contributed by atoms with van der Waals surface area (Å²) in [5.41, 5.74) is 1.09. The number of hydrogen-bond donors (Lipinski definition) is 1. The van der Waals surface area contributed by atoms with E-state index in [9.17, 15) is 12.8 Å².